The Balaban J connectivity index is 2.33. The second-order valence-corrected chi connectivity index (χ2v) is 5.04. The van der Waals surface area contributed by atoms with Crippen molar-refractivity contribution in [1.29, 1.82) is 0 Å². The fourth-order valence-electron chi connectivity index (χ4n) is 2.12. The number of piperidine rings is 1. The fourth-order valence-corrected chi connectivity index (χ4v) is 2.38. The number of allylic oxidation sites excluding steroid dienone is 1. The molecular formula is C13H18N4O2S. The molecule has 2 N–H and O–H groups in total. The average Bonchev–Trinajstić information content (AvgIpc) is 2.44. The van der Waals surface area contributed by atoms with Gasteiger partial charge >= 0.3 is 0 Å². The first kappa shape index (κ1) is 14.5. The molecule has 0 aromatic carbocycles. The number of H-pyrrole nitrogens is 1. The molecule has 2 rings (SSSR count). The van der Waals surface area contributed by atoms with Crippen molar-refractivity contribution in [3.8, 4) is 5.88 Å². The van der Waals surface area contributed by atoms with Gasteiger partial charge in [-0.15, -0.1) is 6.58 Å². The van der Waals surface area contributed by atoms with E-state index in [0.717, 1.165) is 25.9 Å². The van der Waals surface area contributed by atoms with Gasteiger partial charge in [-0.25, -0.2) is 0 Å². The summed E-state index contributed by atoms with van der Waals surface area (Å²) in [4.78, 5) is 14.4. The number of hydrazone groups is 1. The Labute approximate surface area is 122 Å². The topological polar surface area (TPSA) is 73.6 Å². The Kier molecular flexibility index (Phi) is 4.73. The first-order valence-electron chi connectivity index (χ1n) is 6.59. The molecule has 0 aliphatic carbocycles. The number of aromatic nitrogens is 2. The van der Waals surface area contributed by atoms with Crippen molar-refractivity contribution in [2.24, 2.45) is 5.10 Å². The van der Waals surface area contributed by atoms with Gasteiger partial charge in [0.2, 0.25) is 5.88 Å². The first-order valence-corrected chi connectivity index (χ1v) is 7.00. The maximum Gasteiger partial charge on any atom is 0.264 e. The lowest BCUT2D eigenvalue weighted by Crippen LogP contribution is -2.25. The monoisotopic (exact) mass is 294 g/mol. The third-order valence-electron chi connectivity index (χ3n) is 3.20. The highest BCUT2D eigenvalue weighted by Crippen LogP contribution is 2.13. The normalized spacial score (nSPS) is 15.7. The summed E-state index contributed by atoms with van der Waals surface area (Å²) in [6, 6.07) is 0. The molecule has 20 heavy (non-hydrogen) atoms. The molecule has 0 saturated carbocycles. The SMILES string of the molecule is C=CCn1c(O)c(C=NN2CCCCC2)c(=O)[nH]c1=S. The number of nitrogens with one attached hydrogen (secondary N) is 1. The Hall–Kier alpha value is -1.89. The molecule has 0 atom stereocenters. The van der Waals surface area contributed by atoms with Gasteiger partial charge in [0.05, 0.1) is 6.21 Å². The predicted octanol–water partition coefficient (Wildman–Crippen LogP) is 1.62. The second kappa shape index (κ2) is 6.51. The largest absolute Gasteiger partial charge is 0.494 e. The Bertz CT molecular complexity index is 626. The van der Waals surface area contributed by atoms with Crippen LogP contribution in [0.3, 0.4) is 0 Å². The molecule has 1 fully saturated rings. The van der Waals surface area contributed by atoms with Crippen LogP contribution in [0.4, 0.5) is 0 Å². The van der Waals surface area contributed by atoms with E-state index < -0.39 is 5.56 Å². The minimum Gasteiger partial charge on any atom is -0.494 e. The molecule has 0 radical (unpaired) electrons. The zero-order valence-corrected chi connectivity index (χ0v) is 12.0. The van der Waals surface area contributed by atoms with Crippen LogP contribution in [0.15, 0.2) is 22.6 Å². The van der Waals surface area contributed by atoms with Crippen LogP contribution in [0.1, 0.15) is 24.8 Å². The first-order chi connectivity index (χ1) is 9.63. The van der Waals surface area contributed by atoms with Crippen LogP contribution in [0.25, 0.3) is 0 Å². The number of aromatic amines is 1. The standard InChI is InChI=1S/C13H18N4O2S/c1-2-6-17-12(19)10(11(18)15-13(17)20)9-14-16-7-4-3-5-8-16/h2,9,19H,1,3-8H2,(H,15,18,20). The molecule has 1 saturated heterocycles. The van der Waals surface area contributed by atoms with Crippen LogP contribution in [0.2, 0.25) is 0 Å². The second-order valence-electron chi connectivity index (χ2n) is 4.65. The maximum atomic E-state index is 11.9. The van der Waals surface area contributed by atoms with Gasteiger partial charge in [0.15, 0.2) is 4.77 Å². The van der Waals surface area contributed by atoms with Gasteiger partial charge < -0.3 is 5.11 Å². The van der Waals surface area contributed by atoms with Gasteiger partial charge in [-0.05, 0) is 31.5 Å². The Morgan fingerprint density at radius 1 is 1.40 bits per heavy atom. The van der Waals surface area contributed by atoms with Gasteiger partial charge in [-0.1, -0.05) is 6.08 Å². The number of hydrogen-bond acceptors (Lipinski definition) is 5. The quantitative estimate of drug-likeness (QED) is 0.503. The molecular weight excluding hydrogens is 276 g/mol. The summed E-state index contributed by atoms with van der Waals surface area (Å²) in [5.74, 6) is -0.181. The number of hydrogen-bond donors (Lipinski definition) is 2. The minimum atomic E-state index is -0.437. The zero-order valence-electron chi connectivity index (χ0n) is 11.2. The summed E-state index contributed by atoms with van der Waals surface area (Å²) in [6.45, 7) is 5.67. The van der Waals surface area contributed by atoms with E-state index in [1.165, 1.54) is 17.2 Å². The van der Waals surface area contributed by atoms with Crippen LogP contribution in [0, 0.1) is 4.77 Å². The predicted molar refractivity (Wildman–Crippen MR) is 80.8 cm³/mol. The summed E-state index contributed by atoms with van der Waals surface area (Å²) in [5.41, 5.74) is -0.320. The lowest BCUT2D eigenvalue weighted by Gasteiger charge is -2.23. The van der Waals surface area contributed by atoms with Gasteiger partial charge in [0, 0.05) is 19.6 Å². The summed E-state index contributed by atoms with van der Waals surface area (Å²) in [7, 11) is 0. The van der Waals surface area contributed by atoms with Gasteiger partial charge in [0.1, 0.15) is 5.56 Å². The van der Waals surface area contributed by atoms with E-state index in [0.29, 0.717) is 6.54 Å². The summed E-state index contributed by atoms with van der Waals surface area (Å²) >= 11 is 5.01. The molecule has 0 spiro atoms. The van der Waals surface area contributed by atoms with E-state index in [2.05, 4.69) is 16.7 Å². The summed E-state index contributed by atoms with van der Waals surface area (Å²) in [6.07, 6.45) is 6.40. The molecule has 1 aliphatic heterocycles. The number of rotatable bonds is 4. The fraction of sp³-hybridized carbons (Fsp3) is 0.462. The zero-order chi connectivity index (χ0) is 14.5. The van der Waals surface area contributed by atoms with Crippen molar-refractivity contribution in [1.82, 2.24) is 14.6 Å². The minimum absolute atomic E-state index is 0.117. The van der Waals surface area contributed by atoms with Crippen molar-refractivity contribution in [3.05, 3.63) is 33.3 Å². The third kappa shape index (κ3) is 3.16. The Morgan fingerprint density at radius 3 is 2.75 bits per heavy atom. The van der Waals surface area contributed by atoms with Crippen molar-refractivity contribution < 1.29 is 5.11 Å². The molecule has 0 bridgehead atoms. The van der Waals surface area contributed by atoms with Gasteiger partial charge in [0.25, 0.3) is 5.56 Å². The highest BCUT2D eigenvalue weighted by atomic mass is 32.1. The van der Waals surface area contributed by atoms with E-state index in [-0.39, 0.29) is 16.2 Å². The van der Waals surface area contributed by atoms with Crippen LogP contribution in [0.5, 0.6) is 5.88 Å². The van der Waals surface area contributed by atoms with Crippen LogP contribution >= 0.6 is 12.2 Å². The highest BCUT2D eigenvalue weighted by molar-refractivity contribution is 7.71. The van der Waals surface area contributed by atoms with Crippen molar-refractivity contribution in [3.63, 3.8) is 0 Å². The lowest BCUT2D eigenvalue weighted by atomic mass is 10.2. The van der Waals surface area contributed by atoms with E-state index >= 15 is 0 Å². The molecule has 1 aromatic rings. The van der Waals surface area contributed by atoms with Crippen molar-refractivity contribution >= 4 is 18.4 Å². The molecule has 0 amide bonds. The van der Waals surface area contributed by atoms with Gasteiger partial charge in [-0.3, -0.25) is 19.4 Å². The summed E-state index contributed by atoms with van der Waals surface area (Å²) < 4.78 is 1.57. The number of aromatic hydroxyl groups is 1. The Morgan fingerprint density at radius 2 is 2.10 bits per heavy atom. The molecule has 2 heterocycles. The van der Waals surface area contributed by atoms with E-state index in [9.17, 15) is 9.90 Å². The molecule has 1 aromatic heterocycles. The van der Waals surface area contributed by atoms with E-state index in [1.54, 1.807) is 6.08 Å². The van der Waals surface area contributed by atoms with Crippen molar-refractivity contribution in [2.45, 2.75) is 25.8 Å². The molecule has 7 heteroatoms. The van der Waals surface area contributed by atoms with Crippen LogP contribution in [-0.4, -0.2) is 39.0 Å². The van der Waals surface area contributed by atoms with E-state index in [4.69, 9.17) is 12.2 Å². The average molecular weight is 294 g/mol. The van der Waals surface area contributed by atoms with Crippen LogP contribution in [-0.2, 0) is 6.54 Å². The van der Waals surface area contributed by atoms with Crippen LogP contribution < -0.4 is 5.56 Å². The maximum absolute atomic E-state index is 11.9. The highest BCUT2D eigenvalue weighted by Gasteiger charge is 2.11. The van der Waals surface area contributed by atoms with Gasteiger partial charge in [-0.2, -0.15) is 5.10 Å². The number of nitrogens with zero attached hydrogens (tertiary/aromatic N) is 3. The lowest BCUT2D eigenvalue weighted by molar-refractivity contribution is 0.240. The summed E-state index contributed by atoms with van der Waals surface area (Å²) in [5, 5.41) is 16.3. The smallest absolute Gasteiger partial charge is 0.264 e. The van der Waals surface area contributed by atoms with Crippen molar-refractivity contribution in [2.75, 3.05) is 13.1 Å². The van der Waals surface area contributed by atoms with E-state index in [1.807, 2.05) is 5.01 Å². The molecule has 1 aliphatic rings. The molecule has 6 nitrogen and oxygen atoms in total. The molecule has 0 unspecified atom stereocenters. The molecule has 108 valence electrons. The third-order valence-corrected chi connectivity index (χ3v) is 3.52.